The van der Waals surface area contributed by atoms with E-state index in [9.17, 15) is 9.59 Å². The number of carbonyl (C=O) groups is 2. The van der Waals surface area contributed by atoms with Gasteiger partial charge in [0.1, 0.15) is 0 Å². The van der Waals surface area contributed by atoms with Crippen LogP contribution in [0.4, 0.5) is 5.13 Å². The normalized spacial score (nSPS) is 18.0. The van der Waals surface area contributed by atoms with Gasteiger partial charge in [-0.25, -0.2) is 9.78 Å². The van der Waals surface area contributed by atoms with E-state index in [0.29, 0.717) is 57.0 Å². The molecule has 2 aliphatic heterocycles. The topological polar surface area (TPSA) is 98.5 Å². The maximum absolute atomic E-state index is 12.4. The summed E-state index contributed by atoms with van der Waals surface area (Å²) in [6.07, 6.45) is 7.62. The number of carbonyl (C=O) groups excluding carboxylic acids is 1. The fourth-order valence-corrected chi connectivity index (χ4v) is 3.64. The van der Waals surface area contributed by atoms with Crippen LogP contribution < -0.4 is 4.90 Å². The third kappa shape index (κ3) is 4.14. The molecular formula is C16H19N5O3S. The Balaban J connectivity index is 1.44. The first-order chi connectivity index (χ1) is 12.0. The van der Waals surface area contributed by atoms with Gasteiger partial charge in [0.2, 0.25) is 5.91 Å². The molecule has 0 aromatic carbocycles. The van der Waals surface area contributed by atoms with E-state index in [1.165, 1.54) is 16.7 Å². The van der Waals surface area contributed by atoms with Crippen molar-refractivity contribution in [3.8, 4) is 12.3 Å². The summed E-state index contributed by atoms with van der Waals surface area (Å²) in [7, 11) is 0. The zero-order chi connectivity index (χ0) is 17.9. The quantitative estimate of drug-likeness (QED) is 0.747. The lowest BCUT2D eigenvalue weighted by atomic mass is 10.0. The number of aromatic nitrogens is 1. The van der Waals surface area contributed by atoms with Crippen molar-refractivity contribution in [3.63, 3.8) is 0 Å². The van der Waals surface area contributed by atoms with Crippen LogP contribution >= 0.6 is 11.3 Å². The summed E-state index contributed by atoms with van der Waals surface area (Å²) in [6, 6.07) is 0. The minimum absolute atomic E-state index is 0.0627. The number of aromatic carboxylic acids is 1. The maximum Gasteiger partial charge on any atom is 0.355 e. The second kappa shape index (κ2) is 7.19. The average Bonchev–Trinajstić information content (AvgIpc) is 3.21. The molecule has 1 amide bonds. The van der Waals surface area contributed by atoms with Crippen molar-refractivity contribution in [2.24, 2.45) is 10.2 Å². The van der Waals surface area contributed by atoms with E-state index in [4.69, 9.17) is 11.5 Å². The molecule has 3 heterocycles. The number of carboxylic acids is 1. The number of thiazole rings is 1. The van der Waals surface area contributed by atoms with Crippen molar-refractivity contribution in [1.82, 2.24) is 9.88 Å². The van der Waals surface area contributed by atoms with Gasteiger partial charge in [0.15, 0.2) is 16.5 Å². The first-order valence-corrected chi connectivity index (χ1v) is 9.00. The Kier molecular flexibility index (Phi) is 4.99. The number of rotatable bonds is 7. The molecule has 0 spiro atoms. The van der Waals surface area contributed by atoms with Crippen LogP contribution in [0.3, 0.4) is 0 Å². The predicted octanol–water partition coefficient (Wildman–Crippen LogP) is 1.85. The second-order valence-corrected chi connectivity index (χ2v) is 6.91. The molecule has 1 aromatic rings. The molecule has 3 rings (SSSR count). The van der Waals surface area contributed by atoms with E-state index in [1.807, 2.05) is 9.80 Å². The fraction of sp³-hybridized carbons (Fsp3) is 0.562. The monoisotopic (exact) mass is 361 g/mol. The lowest BCUT2D eigenvalue weighted by molar-refractivity contribution is -0.131. The number of nitrogens with zero attached hydrogens (tertiary/aromatic N) is 5. The molecule has 0 unspecified atom stereocenters. The molecule has 1 saturated heterocycles. The SMILES string of the molecule is C#CCCC1(CCC(=O)N2CCN(c3nc(C(=O)O)cs3)CC2)N=N1. The molecule has 0 radical (unpaired) electrons. The molecule has 0 atom stereocenters. The predicted molar refractivity (Wildman–Crippen MR) is 92.8 cm³/mol. The summed E-state index contributed by atoms with van der Waals surface area (Å²) < 4.78 is 0. The molecule has 0 saturated carbocycles. The molecule has 2 aliphatic rings. The van der Waals surface area contributed by atoms with Crippen LogP contribution in [0.1, 0.15) is 36.2 Å². The molecule has 0 aliphatic carbocycles. The van der Waals surface area contributed by atoms with Gasteiger partial charge in [0, 0.05) is 57.2 Å². The highest BCUT2D eigenvalue weighted by atomic mass is 32.1. The van der Waals surface area contributed by atoms with Gasteiger partial charge in [0.05, 0.1) is 0 Å². The number of hydrogen-bond acceptors (Lipinski definition) is 7. The summed E-state index contributed by atoms with van der Waals surface area (Å²) in [4.78, 5) is 31.2. The van der Waals surface area contributed by atoms with Crippen LogP contribution in [0.25, 0.3) is 0 Å². The molecule has 1 aromatic heterocycles. The third-order valence-electron chi connectivity index (χ3n) is 4.41. The van der Waals surface area contributed by atoms with Crippen molar-refractivity contribution < 1.29 is 14.7 Å². The van der Waals surface area contributed by atoms with E-state index < -0.39 is 11.6 Å². The molecule has 132 valence electrons. The van der Waals surface area contributed by atoms with Crippen LogP contribution in [0.15, 0.2) is 15.6 Å². The smallest absolute Gasteiger partial charge is 0.355 e. The van der Waals surface area contributed by atoms with Gasteiger partial charge in [-0.3, -0.25) is 4.79 Å². The summed E-state index contributed by atoms with van der Waals surface area (Å²) in [5, 5.41) is 19.3. The maximum atomic E-state index is 12.4. The Hall–Kier alpha value is -2.47. The molecule has 0 bridgehead atoms. The highest BCUT2D eigenvalue weighted by molar-refractivity contribution is 7.13. The second-order valence-electron chi connectivity index (χ2n) is 6.07. The largest absolute Gasteiger partial charge is 0.476 e. The zero-order valence-electron chi connectivity index (χ0n) is 13.7. The van der Waals surface area contributed by atoms with E-state index in [-0.39, 0.29) is 11.6 Å². The third-order valence-corrected chi connectivity index (χ3v) is 5.31. The lowest BCUT2D eigenvalue weighted by Gasteiger charge is -2.34. The van der Waals surface area contributed by atoms with Crippen LogP contribution in [0, 0.1) is 12.3 Å². The van der Waals surface area contributed by atoms with Crippen molar-refractivity contribution in [3.05, 3.63) is 11.1 Å². The van der Waals surface area contributed by atoms with Gasteiger partial charge in [0.25, 0.3) is 0 Å². The first kappa shape index (κ1) is 17.4. The fourth-order valence-electron chi connectivity index (χ4n) is 2.79. The van der Waals surface area contributed by atoms with E-state index in [2.05, 4.69) is 21.1 Å². The number of anilines is 1. The van der Waals surface area contributed by atoms with Gasteiger partial charge in [-0.1, -0.05) is 0 Å². The Morgan fingerprint density at radius 3 is 2.56 bits per heavy atom. The molecule has 9 heteroatoms. The number of hydrogen-bond donors (Lipinski definition) is 1. The number of amides is 1. The van der Waals surface area contributed by atoms with Gasteiger partial charge in [-0.2, -0.15) is 10.2 Å². The highest BCUT2D eigenvalue weighted by Crippen LogP contribution is 2.37. The summed E-state index contributed by atoms with van der Waals surface area (Å²) >= 11 is 1.31. The van der Waals surface area contributed by atoms with E-state index >= 15 is 0 Å². The number of piperazine rings is 1. The molecule has 1 fully saturated rings. The van der Waals surface area contributed by atoms with Gasteiger partial charge >= 0.3 is 5.97 Å². The van der Waals surface area contributed by atoms with Crippen molar-refractivity contribution in [2.45, 2.75) is 31.3 Å². The first-order valence-electron chi connectivity index (χ1n) is 8.12. The van der Waals surface area contributed by atoms with Crippen LogP contribution in [0.5, 0.6) is 0 Å². The van der Waals surface area contributed by atoms with Crippen molar-refractivity contribution in [2.75, 3.05) is 31.1 Å². The minimum Gasteiger partial charge on any atom is -0.476 e. The summed E-state index contributed by atoms with van der Waals surface area (Å²) in [5.41, 5.74) is -0.356. The van der Waals surface area contributed by atoms with Gasteiger partial charge in [-0.05, 0) is 0 Å². The van der Waals surface area contributed by atoms with E-state index in [1.54, 1.807) is 0 Å². The van der Waals surface area contributed by atoms with Crippen LogP contribution in [-0.2, 0) is 4.79 Å². The Morgan fingerprint density at radius 2 is 2.00 bits per heavy atom. The molecule has 1 N–H and O–H groups in total. The minimum atomic E-state index is -1.02. The Morgan fingerprint density at radius 1 is 1.28 bits per heavy atom. The van der Waals surface area contributed by atoms with E-state index in [0.717, 1.165) is 0 Å². The van der Waals surface area contributed by atoms with Crippen molar-refractivity contribution in [1.29, 1.82) is 0 Å². The number of terminal acetylenes is 1. The molecule has 8 nitrogen and oxygen atoms in total. The van der Waals surface area contributed by atoms with Gasteiger partial charge in [-0.15, -0.1) is 23.7 Å². The zero-order valence-corrected chi connectivity index (χ0v) is 14.5. The van der Waals surface area contributed by atoms with Crippen molar-refractivity contribution >= 4 is 28.3 Å². The Labute approximate surface area is 149 Å². The number of carboxylic acid groups (broad SMARTS) is 1. The average molecular weight is 361 g/mol. The van der Waals surface area contributed by atoms with Gasteiger partial charge < -0.3 is 14.9 Å². The summed E-state index contributed by atoms with van der Waals surface area (Å²) in [5.74, 6) is 1.66. The van der Waals surface area contributed by atoms with Crippen LogP contribution in [0.2, 0.25) is 0 Å². The standard InChI is InChI=1S/C16H19N5O3S/c1-2-3-5-16(18-19-16)6-4-13(22)20-7-9-21(10-8-20)15-17-12(11-25-15)14(23)24/h1,11H,3-10H2,(H,23,24). The highest BCUT2D eigenvalue weighted by Gasteiger charge is 2.39. The lowest BCUT2D eigenvalue weighted by Crippen LogP contribution is -2.49. The Bertz CT molecular complexity index is 724. The summed E-state index contributed by atoms with van der Waals surface area (Å²) in [6.45, 7) is 2.50. The van der Waals surface area contributed by atoms with Crippen LogP contribution in [-0.4, -0.2) is 58.7 Å². The molecule has 25 heavy (non-hydrogen) atoms. The molecular weight excluding hydrogens is 342 g/mol.